The summed E-state index contributed by atoms with van der Waals surface area (Å²) in [6.07, 6.45) is 7.02. The van der Waals surface area contributed by atoms with Gasteiger partial charge in [0.05, 0.1) is 23.9 Å². The fourth-order valence-corrected chi connectivity index (χ4v) is 8.52. The molecule has 0 radical (unpaired) electrons. The zero-order chi connectivity index (χ0) is 20.7. The molecule has 6 nitrogen and oxygen atoms in total. The lowest BCUT2D eigenvalue weighted by molar-refractivity contribution is -0.269. The summed E-state index contributed by atoms with van der Waals surface area (Å²) in [5.74, 6) is -0.0760. The van der Waals surface area contributed by atoms with Gasteiger partial charge in [0.2, 0.25) is 0 Å². The van der Waals surface area contributed by atoms with E-state index in [0.717, 1.165) is 24.8 Å². The maximum Gasteiger partial charge on any atom is 0.331 e. The van der Waals surface area contributed by atoms with Crippen LogP contribution >= 0.6 is 0 Å². The van der Waals surface area contributed by atoms with Crippen molar-refractivity contribution in [3.63, 3.8) is 0 Å². The number of esters is 1. The van der Waals surface area contributed by atoms with Crippen LogP contribution in [0.1, 0.15) is 64.7 Å². The quantitative estimate of drug-likeness (QED) is 0.520. The first-order valence-electron chi connectivity index (χ1n) is 11.3. The Morgan fingerprint density at radius 2 is 1.83 bits per heavy atom. The Hall–Kier alpha value is -0.950. The van der Waals surface area contributed by atoms with Gasteiger partial charge in [-0.25, -0.2) is 4.79 Å². The highest BCUT2D eigenvalue weighted by Crippen LogP contribution is 2.70. The van der Waals surface area contributed by atoms with Gasteiger partial charge >= 0.3 is 5.97 Å². The van der Waals surface area contributed by atoms with Crippen molar-refractivity contribution < 1.29 is 30.0 Å². The van der Waals surface area contributed by atoms with Crippen LogP contribution in [-0.2, 0) is 9.53 Å². The van der Waals surface area contributed by atoms with Gasteiger partial charge in [-0.2, -0.15) is 0 Å². The van der Waals surface area contributed by atoms with E-state index in [-0.39, 0.29) is 35.7 Å². The normalized spacial score (nSPS) is 54.2. The van der Waals surface area contributed by atoms with Crippen molar-refractivity contribution in [2.75, 3.05) is 13.2 Å². The van der Waals surface area contributed by atoms with E-state index in [1.54, 1.807) is 6.08 Å². The fourth-order valence-electron chi connectivity index (χ4n) is 8.52. The highest BCUT2D eigenvalue weighted by molar-refractivity contribution is 5.85. The molecule has 5 aliphatic rings. The number of ether oxygens (including phenoxy) is 1. The second-order valence-electron chi connectivity index (χ2n) is 10.8. The topological polar surface area (TPSA) is 107 Å². The summed E-state index contributed by atoms with van der Waals surface area (Å²) in [7, 11) is 0. The lowest BCUT2D eigenvalue weighted by Crippen LogP contribution is -2.69. The number of cyclic esters (lactones) is 1. The Morgan fingerprint density at radius 1 is 1.07 bits per heavy atom. The molecule has 1 heterocycles. The van der Waals surface area contributed by atoms with Crippen LogP contribution in [0.15, 0.2) is 11.6 Å². The average molecular weight is 407 g/mol. The van der Waals surface area contributed by atoms with Crippen LogP contribution in [0, 0.1) is 28.6 Å². The highest BCUT2D eigenvalue weighted by Gasteiger charge is 2.71. The summed E-state index contributed by atoms with van der Waals surface area (Å²) in [6.45, 7) is 2.41. The number of fused-ring (bicyclic) bond motifs is 5. The third kappa shape index (κ3) is 2.40. The number of hydrogen-bond donors (Lipinski definition) is 4. The second kappa shape index (κ2) is 6.28. The molecule has 6 heteroatoms. The van der Waals surface area contributed by atoms with Crippen LogP contribution in [0.5, 0.6) is 0 Å². The van der Waals surface area contributed by atoms with Crippen molar-refractivity contribution in [3.05, 3.63) is 11.6 Å². The maximum absolute atomic E-state index is 12.1. The van der Waals surface area contributed by atoms with Crippen molar-refractivity contribution in [1.29, 1.82) is 0 Å². The van der Waals surface area contributed by atoms with Crippen LogP contribution in [0.2, 0.25) is 0 Å². The zero-order valence-corrected chi connectivity index (χ0v) is 17.3. The molecule has 1 unspecified atom stereocenters. The molecule has 162 valence electrons. The van der Waals surface area contributed by atoms with Crippen LogP contribution < -0.4 is 0 Å². The molecule has 29 heavy (non-hydrogen) atoms. The summed E-state index contributed by atoms with van der Waals surface area (Å²) < 4.78 is 5.17. The second-order valence-corrected chi connectivity index (χ2v) is 10.8. The minimum absolute atomic E-state index is 0.0209. The third-order valence-electron chi connectivity index (χ3n) is 10.1. The summed E-state index contributed by atoms with van der Waals surface area (Å²) in [6, 6.07) is 0. The number of rotatable bonds is 2. The molecule has 0 amide bonds. The van der Waals surface area contributed by atoms with Crippen molar-refractivity contribution in [3.8, 4) is 0 Å². The number of aliphatic hydroxyl groups excluding tert-OH is 2. The first kappa shape index (κ1) is 20.0. The van der Waals surface area contributed by atoms with Gasteiger partial charge in [-0.15, -0.1) is 0 Å². The predicted molar refractivity (Wildman–Crippen MR) is 105 cm³/mol. The maximum atomic E-state index is 12.1. The zero-order valence-electron chi connectivity index (χ0n) is 17.3. The Labute approximate surface area is 172 Å². The lowest BCUT2D eigenvalue weighted by Gasteiger charge is -2.66. The van der Waals surface area contributed by atoms with Crippen molar-refractivity contribution in [2.45, 2.75) is 82.0 Å². The fraction of sp³-hybridized carbons (Fsp3) is 0.870. The van der Waals surface area contributed by atoms with Crippen molar-refractivity contribution >= 4 is 5.97 Å². The van der Waals surface area contributed by atoms with Crippen molar-refractivity contribution in [2.24, 2.45) is 28.6 Å². The monoisotopic (exact) mass is 406 g/mol. The van der Waals surface area contributed by atoms with E-state index < -0.39 is 22.7 Å². The Morgan fingerprint density at radius 3 is 2.52 bits per heavy atom. The third-order valence-corrected chi connectivity index (χ3v) is 10.1. The van der Waals surface area contributed by atoms with Gasteiger partial charge in [0.25, 0.3) is 0 Å². The minimum Gasteiger partial charge on any atom is -0.458 e. The summed E-state index contributed by atoms with van der Waals surface area (Å²) in [5.41, 5.74) is -1.88. The van der Waals surface area contributed by atoms with E-state index in [9.17, 15) is 25.2 Å². The van der Waals surface area contributed by atoms with Gasteiger partial charge < -0.3 is 25.2 Å². The van der Waals surface area contributed by atoms with Gasteiger partial charge in [-0.3, -0.25) is 0 Å². The van der Waals surface area contributed by atoms with Crippen LogP contribution in [-0.4, -0.2) is 56.9 Å². The average Bonchev–Trinajstić information content (AvgIpc) is 3.21. The largest absolute Gasteiger partial charge is 0.458 e. The van der Waals surface area contributed by atoms with Crippen molar-refractivity contribution in [1.82, 2.24) is 0 Å². The molecule has 1 aliphatic heterocycles. The van der Waals surface area contributed by atoms with E-state index in [4.69, 9.17) is 4.74 Å². The Bertz CT molecular complexity index is 750. The molecule has 0 bridgehead atoms. The number of carbonyl (C=O) groups is 1. The summed E-state index contributed by atoms with van der Waals surface area (Å²) in [5, 5.41) is 44.4. The van der Waals surface area contributed by atoms with E-state index in [1.807, 2.05) is 0 Å². The Kier molecular flexibility index (Phi) is 4.33. The molecule has 4 aliphatic carbocycles. The van der Waals surface area contributed by atoms with E-state index in [0.29, 0.717) is 45.1 Å². The van der Waals surface area contributed by atoms with Crippen LogP contribution in [0.25, 0.3) is 0 Å². The minimum atomic E-state index is -1.06. The molecule has 4 N–H and O–H groups in total. The molecule has 4 saturated carbocycles. The molecule has 5 rings (SSSR count). The van der Waals surface area contributed by atoms with E-state index in [2.05, 4.69) is 6.92 Å². The molecular weight excluding hydrogens is 372 g/mol. The molecule has 0 aromatic carbocycles. The van der Waals surface area contributed by atoms with Gasteiger partial charge in [-0.1, -0.05) is 6.92 Å². The highest BCUT2D eigenvalue weighted by atomic mass is 16.5. The van der Waals surface area contributed by atoms with E-state index >= 15 is 0 Å². The molecule has 0 spiro atoms. The first-order chi connectivity index (χ1) is 13.7. The SMILES string of the molecule is C[C@]12CC[C@H]3[C@@H](CC[C@]4(O)C[C@@H](O)CC[C@]34CO)C1(O)CC[C@@H]2C1=CC(=O)OC1. The van der Waals surface area contributed by atoms with Gasteiger partial charge in [0, 0.05) is 23.3 Å². The van der Waals surface area contributed by atoms with E-state index in [1.165, 1.54) is 0 Å². The molecule has 0 aromatic heterocycles. The molecule has 0 aromatic rings. The van der Waals surface area contributed by atoms with Crippen LogP contribution in [0.3, 0.4) is 0 Å². The molecule has 8 atom stereocenters. The Balaban J connectivity index is 1.51. The number of aliphatic hydroxyl groups is 4. The predicted octanol–water partition coefficient (Wildman–Crippen LogP) is 1.69. The standard InChI is InChI=1S/C23H34O6/c1-20-6-3-17-18(4-8-22(27)11-15(25)2-7-21(17,22)13-24)23(20,28)9-5-16(20)14-10-19(26)29-12-14/h10,15-18,24-25,27-28H,2-9,11-13H2,1H3/t15-,16+,17-,18+,20+,21-,22-,23?/m0/s1. The van der Waals surface area contributed by atoms with Gasteiger partial charge in [-0.05, 0) is 74.7 Å². The van der Waals surface area contributed by atoms with Gasteiger partial charge in [0.15, 0.2) is 0 Å². The van der Waals surface area contributed by atoms with Gasteiger partial charge in [0.1, 0.15) is 6.61 Å². The summed E-state index contributed by atoms with van der Waals surface area (Å²) >= 11 is 0. The molecule has 0 saturated heterocycles. The smallest absolute Gasteiger partial charge is 0.331 e. The molecule has 4 fully saturated rings. The van der Waals surface area contributed by atoms with Crippen LogP contribution in [0.4, 0.5) is 0 Å². The number of carbonyl (C=O) groups excluding carboxylic acids is 1. The lowest BCUT2D eigenvalue weighted by atomic mass is 9.41. The number of hydrogen-bond acceptors (Lipinski definition) is 6. The molecular formula is C23H34O6. The summed E-state index contributed by atoms with van der Waals surface area (Å²) in [4.78, 5) is 11.6. The first-order valence-corrected chi connectivity index (χ1v) is 11.3.